The molecule has 1 aliphatic rings. The minimum atomic E-state index is -0.136. The van der Waals surface area contributed by atoms with Crippen molar-refractivity contribution in [2.45, 2.75) is 38.1 Å². The lowest BCUT2D eigenvalue weighted by Gasteiger charge is -2.30. The van der Waals surface area contributed by atoms with Crippen LogP contribution in [0.5, 0.6) is 0 Å². The fourth-order valence-corrected chi connectivity index (χ4v) is 3.04. The molecule has 1 aromatic rings. The Bertz CT molecular complexity index is 372. The lowest BCUT2D eigenvalue weighted by Crippen LogP contribution is -2.37. The lowest BCUT2D eigenvalue weighted by molar-refractivity contribution is 0.341. The molecule has 1 nitrogen and oxygen atoms in total. The molecule has 3 heteroatoms. The highest BCUT2D eigenvalue weighted by atomic mass is 79.9. The number of nitrogens with one attached hydrogen (secondary N) is 1. The van der Waals surface area contributed by atoms with Gasteiger partial charge < -0.3 is 5.32 Å². The van der Waals surface area contributed by atoms with Gasteiger partial charge in [0.15, 0.2) is 0 Å². The van der Waals surface area contributed by atoms with Gasteiger partial charge in [0.2, 0.25) is 0 Å². The smallest absolute Gasteiger partial charge is 0.128 e. The topological polar surface area (TPSA) is 12.0 Å². The van der Waals surface area contributed by atoms with E-state index in [1.165, 1.54) is 0 Å². The third-order valence-electron chi connectivity index (χ3n) is 3.36. The van der Waals surface area contributed by atoms with Crippen LogP contribution in [-0.4, -0.2) is 6.54 Å². The van der Waals surface area contributed by atoms with Gasteiger partial charge in [-0.15, -0.1) is 0 Å². The molecule has 1 saturated heterocycles. The van der Waals surface area contributed by atoms with Crippen molar-refractivity contribution < 1.29 is 4.39 Å². The van der Waals surface area contributed by atoms with Crippen LogP contribution in [0.2, 0.25) is 0 Å². The van der Waals surface area contributed by atoms with Crippen molar-refractivity contribution in [3.05, 3.63) is 34.1 Å². The highest BCUT2D eigenvalue weighted by Crippen LogP contribution is 2.37. The summed E-state index contributed by atoms with van der Waals surface area (Å²) in [4.78, 5) is 0. The summed E-state index contributed by atoms with van der Waals surface area (Å²) in [7, 11) is 0. The summed E-state index contributed by atoms with van der Waals surface area (Å²) in [5.41, 5.74) is 0.684. The van der Waals surface area contributed by atoms with Crippen LogP contribution in [0.3, 0.4) is 0 Å². The van der Waals surface area contributed by atoms with Gasteiger partial charge in [0.25, 0.3) is 0 Å². The molecular formula is C13H17BrFN. The second kappa shape index (κ2) is 4.84. The van der Waals surface area contributed by atoms with E-state index in [0.717, 1.165) is 42.3 Å². The van der Waals surface area contributed by atoms with Crippen molar-refractivity contribution in [3.63, 3.8) is 0 Å². The largest absolute Gasteiger partial charge is 0.307 e. The summed E-state index contributed by atoms with van der Waals surface area (Å²) in [6.45, 7) is 3.14. The highest BCUT2D eigenvalue weighted by molar-refractivity contribution is 9.10. The molecule has 0 aromatic heterocycles. The Morgan fingerprint density at radius 1 is 1.50 bits per heavy atom. The first kappa shape index (κ1) is 12.1. The SMILES string of the molecule is CCCC1(c2cc(Br)ccc2F)CCCN1. The van der Waals surface area contributed by atoms with Gasteiger partial charge in [0.1, 0.15) is 5.82 Å². The van der Waals surface area contributed by atoms with Crippen molar-refractivity contribution in [2.75, 3.05) is 6.54 Å². The molecule has 1 heterocycles. The molecule has 0 aliphatic carbocycles. The third-order valence-corrected chi connectivity index (χ3v) is 3.86. The van der Waals surface area contributed by atoms with Gasteiger partial charge in [0.05, 0.1) is 0 Å². The highest BCUT2D eigenvalue weighted by Gasteiger charge is 2.36. The molecule has 1 unspecified atom stereocenters. The fourth-order valence-electron chi connectivity index (χ4n) is 2.68. The molecule has 0 saturated carbocycles. The molecule has 88 valence electrons. The van der Waals surface area contributed by atoms with E-state index in [0.29, 0.717) is 0 Å². The van der Waals surface area contributed by atoms with Gasteiger partial charge >= 0.3 is 0 Å². The van der Waals surface area contributed by atoms with Crippen LogP contribution in [0.25, 0.3) is 0 Å². The second-order valence-electron chi connectivity index (χ2n) is 4.49. The van der Waals surface area contributed by atoms with E-state index in [4.69, 9.17) is 0 Å². The van der Waals surface area contributed by atoms with E-state index < -0.39 is 0 Å². The maximum atomic E-state index is 13.9. The number of rotatable bonds is 3. The normalized spacial score (nSPS) is 24.9. The van der Waals surface area contributed by atoms with Gasteiger partial charge in [0, 0.05) is 15.6 Å². The Morgan fingerprint density at radius 2 is 2.31 bits per heavy atom. The van der Waals surface area contributed by atoms with Crippen LogP contribution in [0.1, 0.15) is 38.2 Å². The van der Waals surface area contributed by atoms with Crippen LogP contribution in [0.15, 0.2) is 22.7 Å². The number of hydrogen-bond acceptors (Lipinski definition) is 1. The summed E-state index contributed by atoms with van der Waals surface area (Å²) >= 11 is 3.42. The Labute approximate surface area is 105 Å². The average Bonchev–Trinajstić information content (AvgIpc) is 2.72. The molecule has 1 atom stereocenters. The van der Waals surface area contributed by atoms with Crippen molar-refractivity contribution in [2.24, 2.45) is 0 Å². The van der Waals surface area contributed by atoms with Crippen LogP contribution >= 0.6 is 15.9 Å². The maximum Gasteiger partial charge on any atom is 0.128 e. The maximum absolute atomic E-state index is 13.9. The minimum absolute atomic E-state index is 0.0916. The summed E-state index contributed by atoms with van der Waals surface area (Å²) < 4.78 is 14.9. The Kier molecular flexibility index (Phi) is 3.65. The van der Waals surface area contributed by atoms with E-state index in [2.05, 4.69) is 28.2 Å². The number of benzene rings is 1. The van der Waals surface area contributed by atoms with Crippen molar-refractivity contribution in [3.8, 4) is 0 Å². The monoisotopic (exact) mass is 285 g/mol. The van der Waals surface area contributed by atoms with Crippen LogP contribution in [0, 0.1) is 5.82 Å². The Balaban J connectivity index is 2.42. The lowest BCUT2D eigenvalue weighted by atomic mass is 9.84. The zero-order valence-electron chi connectivity index (χ0n) is 9.52. The Morgan fingerprint density at radius 3 is 2.94 bits per heavy atom. The quantitative estimate of drug-likeness (QED) is 0.886. The first-order valence-electron chi connectivity index (χ1n) is 5.88. The molecule has 0 amide bonds. The van der Waals surface area contributed by atoms with Crippen molar-refractivity contribution >= 4 is 15.9 Å². The number of hydrogen-bond donors (Lipinski definition) is 1. The third kappa shape index (κ3) is 2.16. The van der Waals surface area contributed by atoms with Crippen LogP contribution < -0.4 is 5.32 Å². The minimum Gasteiger partial charge on any atom is -0.307 e. The van der Waals surface area contributed by atoms with E-state index in [9.17, 15) is 4.39 Å². The van der Waals surface area contributed by atoms with E-state index in [1.807, 2.05) is 6.07 Å². The van der Waals surface area contributed by atoms with Gasteiger partial charge in [-0.2, -0.15) is 0 Å². The molecule has 16 heavy (non-hydrogen) atoms. The van der Waals surface area contributed by atoms with E-state index >= 15 is 0 Å². The first-order valence-corrected chi connectivity index (χ1v) is 6.68. The summed E-state index contributed by atoms with van der Waals surface area (Å²) in [5.74, 6) is -0.0916. The molecule has 0 radical (unpaired) electrons. The predicted octanol–water partition coefficient (Wildman–Crippen LogP) is 3.97. The van der Waals surface area contributed by atoms with Gasteiger partial charge in [-0.25, -0.2) is 4.39 Å². The van der Waals surface area contributed by atoms with Crippen LogP contribution in [0.4, 0.5) is 4.39 Å². The van der Waals surface area contributed by atoms with E-state index in [-0.39, 0.29) is 11.4 Å². The van der Waals surface area contributed by atoms with Crippen LogP contribution in [-0.2, 0) is 5.54 Å². The molecular weight excluding hydrogens is 269 g/mol. The Hall–Kier alpha value is -0.410. The number of halogens is 2. The van der Waals surface area contributed by atoms with Gasteiger partial charge in [-0.3, -0.25) is 0 Å². The summed E-state index contributed by atoms with van der Waals surface area (Å²) in [6.07, 6.45) is 4.24. The first-order chi connectivity index (χ1) is 7.68. The molecule has 1 aliphatic heterocycles. The molecule has 1 aromatic carbocycles. The average molecular weight is 286 g/mol. The molecule has 0 spiro atoms. The summed E-state index contributed by atoms with van der Waals surface area (Å²) in [5, 5.41) is 3.49. The summed E-state index contributed by atoms with van der Waals surface area (Å²) in [6, 6.07) is 5.23. The molecule has 1 N–H and O–H groups in total. The predicted molar refractivity (Wildman–Crippen MR) is 67.9 cm³/mol. The molecule has 0 bridgehead atoms. The zero-order valence-corrected chi connectivity index (χ0v) is 11.1. The van der Waals surface area contributed by atoms with Gasteiger partial charge in [-0.05, 0) is 44.0 Å². The zero-order chi connectivity index (χ0) is 11.6. The fraction of sp³-hybridized carbons (Fsp3) is 0.538. The van der Waals surface area contributed by atoms with Crippen molar-refractivity contribution in [1.82, 2.24) is 5.32 Å². The van der Waals surface area contributed by atoms with Crippen molar-refractivity contribution in [1.29, 1.82) is 0 Å². The van der Waals surface area contributed by atoms with E-state index in [1.54, 1.807) is 12.1 Å². The second-order valence-corrected chi connectivity index (χ2v) is 5.40. The standard InChI is InChI=1S/C13H17BrFN/c1-2-6-13(7-3-8-16-13)11-9-10(14)4-5-12(11)15/h4-5,9,16H,2-3,6-8H2,1H3. The molecule has 1 fully saturated rings. The van der Waals surface area contributed by atoms with Gasteiger partial charge in [-0.1, -0.05) is 29.3 Å². The molecule has 2 rings (SSSR count).